The van der Waals surface area contributed by atoms with Gasteiger partial charge in [0.25, 0.3) is 0 Å². The fourth-order valence-corrected chi connectivity index (χ4v) is 4.50. The number of allylic oxidation sites excluding steroid dienone is 1. The topological polar surface area (TPSA) is 46.6 Å². The number of benzene rings is 2. The van der Waals surface area contributed by atoms with E-state index in [4.69, 9.17) is 4.74 Å². The lowest BCUT2D eigenvalue weighted by molar-refractivity contribution is 0.245. The Kier molecular flexibility index (Phi) is 9.09. The predicted octanol–water partition coefficient (Wildman–Crippen LogP) is 4.64. The Balaban J connectivity index is 1.82. The average Bonchev–Trinajstić information content (AvgIpc) is 2.67. The zero-order chi connectivity index (χ0) is 20.4. The van der Waals surface area contributed by atoms with Gasteiger partial charge in [0, 0.05) is 25.1 Å². The molecule has 0 fully saturated rings. The molecule has 0 saturated heterocycles. The van der Waals surface area contributed by atoms with Gasteiger partial charge >= 0.3 is 0 Å². The summed E-state index contributed by atoms with van der Waals surface area (Å²) in [5.74, 6) is 1.41. The van der Waals surface area contributed by atoms with Crippen molar-refractivity contribution in [3.05, 3.63) is 65.7 Å². The summed E-state index contributed by atoms with van der Waals surface area (Å²) in [6.45, 7) is 4.20. The highest BCUT2D eigenvalue weighted by Gasteiger charge is 2.05. The number of nitrogens with zero attached hydrogens (tertiary/aromatic N) is 1. The monoisotopic (exact) mass is 419 g/mol. The summed E-state index contributed by atoms with van der Waals surface area (Å²) in [5, 5.41) is 0. The normalized spacial score (nSPS) is 12.4. The minimum atomic E-state index is -2.96. The quantitative estimate of drug-likeness (QED) is 0.392. The van der Waals surface area contributed by atoms with Crippen LogP contribution in [-0.4, -0.2) is 52.1 Å². The molecule has 28 heavy (non-hydrogen) atoms. The molecule has 0 amide bonds. The van der Waals surface area contributed by atoms with Gasteiger partial charge in [-0.3, -0.25) is 0 Å². The lowest BCUT2D eigenvalue weighted by Gasteiger charge is -2.16. The molecule has 0 radical (unpaired) electrons. The van der Waals surface area contributed by atoms with E-state index < -0.39 is 8.87 Å². The second kappa shape index (κ2) is 11.3. The molecule has 0 unspecified atom stereocenters. The molecule has 6 heteroatoms. The molecule has 2 aromatic carbocycles. The Morgan fingerprint density at radius 3 is 2.36 bits per heavy atom. The summed E-state index contributed by atoms with van der Waals surface area (Å²) < 4.78 is 28.1. The minimum Gasteiger partial charge on any atom is -0.492 e. The van der Waals surface area contributed by atoms with Crippen molar-refractivity contribution in [2.45, 2.75) is 13.3 Å². The minimum absolute atomic E-state index is 0.567. The molecule has 0 bridgehead atoms. The maximum atomic E-state index is 11.1. The van der Waals surface area contributed by atoms with Gasteiger partial charge in [0.2, 0.25) is 0 Å². The standard InChI is InChI=1S/C22H29NO3S2/c1-4-20(21-8-6-5-7-9-21)18-19-10-12-22(13-11-19)26-16-14-23(2)15-17-27-28(3,24)25/h5-13,18H,4,14-17H2,1-3H3/b20-18-. The van der Waals surface area contributed by atoms with Gasteiger partial charge in [-0.15, -0.1) is 0 Å². The number of likely N-dealkylation sites (N-methyl/N-ethyl adjacent to an activating group) is 1. The van der Waals surface area contributed by atoms with Crippen molar-refractivity contribution >= 4 is 31.3 Å². The maximum absolute atomic E-state index is 11.1. The second-order valence-electron chi connectivity index (χ2n) is 6.64. The highest BCUT2D eigenvalue weighted by atomic mass is 33.1. The van der Waals surface area contributed by atoms with Gasteiger partial charge in [0.05, 0.1) is 0 Å². The average molecular weight is 420 g/mol. The third-order valence-electron chi connectivity index (χ3n) is 4.26. The fourth-order valence-electron chi connectivity index (χ4n) is 2.68. The summed E-state index contributed by atoms with van der Waals surface area (Å²) in [5.41, 5.74) is 3.72. The lowest BCUT2D eigenvalue weighted by atomic mass is 10.0. The molecule has 2 aromatic rings. The van der Waals surface area contributed by atoms with E-state index >= 15 is 0 Å². The summed E-state index contributed by atoms with van der Waals surface area (Å²) in [6, 6.07) is 18.5. The molecule has 4 nitrogen and oxygen atoms in total. The van der Waals surface area contributed by atoms with Gasteiger partial charge in [-0.05, 0) is 53.1 Å². The first-order valence-corrected chi connectivity index (χ1v) is 12.8. The van der Waals surface area contributed by atoms with Crippen LogP contribution in [0.3, 0.4) is 0 Å². The van der Waals surface area contributed by atoms with E-state index in [9.17, 15) is 8.42 Å². The zero-order valence-electron chi connectivity index (χ0n) is 16.8. The zero-order valence-corrected chi connectivity index (χ0v) is 18.4. The van der Waals surface area contributed by atoms with Crippen LogP contribution in [-0.2, 0) is 8.87 Å². The molecule has 0 atom stereocenters. The lowest BCUT2D eigenvalue weighted by Crippen LogP contribution is -2.26. The molecule has 0 heterocycles. The van der Waals surface area contributed by atoms with E-state index in [-0.39, 0.29) is 0 Å². The Morgan fingerprint density at radius 1 is 1.07 bits per heavy atom. The van der Waals surface area contributed by atoms with Gasteiger partial charge in [-0.2, -0.15) is 0 Å². The van der Waals surface area contributed by atoms with Gasteiger partial charge in [-0.25, -0.2) is 8.42 Å². The Labute approximate surface area is 172 Å². The Morgan fingerprint density at radius 2 is 1.75 bits per heavy atom. The van der Waals surface area contributed by atoms with Crippen molar-refractivity contribution < 1.29 is 13.2 Å². The SMILES string of the molecule is CC/C(=C/c1ccc(OCCN(C)CCSS(C)(=O)=O)cc1)c1ccccc1. The maximum Gasteiger partial charge on any atom is 0.198 e. The molecular weight excluding hydrogens is 390 g/mol. The van der Waals surface area contributed by atoms with Crippen molar-refractivity contribution in [2.75, 3.05) is 38.8 Å². The second-order valence-corrected chi connectivity index (χ2v) is 11.2. The Bertz CT molecular complexity index is 847. The van der Waals surface area contributed by atoms with Crippen LogP contribution in [0.25, 0.3) is 11.6 Å². The van der Waals surface area contributed by atoms with Crippen molar-refractivity contribution in [3.63, 3.8) is 0 Å². The summed E-state index contributed by atoms with van der Waals surface area (Å²) in [7, 11) is -0.0112. The number of rotatable bonds is 11. The molecule has 2 rings (SSSR count). The summed E-state index contributed by atoms with van der Waals surface area (Å²) in [4.78, 5) is 2.07. The van der Waals surface area contributed by atoms with Crippen molar-refractivity contribution in [1.82, 2.24) is 4.90 Å². The van der Waals surface area contributed by atoms with E-state index in [1.54, 1.807) is 0 Å². The van der Waals surface area contributed by atoms with Crippen molar-refractivity contribution in [2.24, 2.45) is 0 Å². The molecule has 152 valence electrons. The first-order chi connectivity index (χ1) is 13.4. The van der Waals surface area contributed by atoms with E-state index in [2.05, 4.69) is 54.3 Å². The van der Waals surface area contributed by atoms with Crippen LogP contribution >= 0.6 is 10.8 Å². The van der Waals surface area contributed by atoms with Crippen LogP contribution in [0, 0.1) is 0 Å². The molecule has 0 aliphatic rings. The van der Waals surface area contributed by atoms with Gasteiger partial charge in [-0.1, -0.05) is 55.5 Å². The third kappa shape index (κ3) is 8.50. The Hall–Kier alpha value is -1.76. The smallest absolute Gasteiger partial charge is 0.198 e. The van der Waals surface area contributed by atoms with Crippen molar-refractivity contribution in [3.8, 4) is 5.75 Å². The molecule has 0 aliphatic heterocycles. The highest BCUT2D eigenvalue weighted by molar-refractivity contribution is 8.71. The number of hydrogen-bond donors (Lipinski definition) is 0. The molecule has 0 spiro atoms. The van der Waals surface area contributed by atoms with Gasteiger partial charge in [0.1, 0.15) is 12.4 Å². The highest BCUT2D eigenvalue weighted by Crippen LogP contribution is 2.22. The molecular formula is C22H29NO3S2. The first-order valence-electron chi connectivity index (χ1n) is 9.39. The number of ether oxygens (including phenoxy) is 1. The third-order valence-corrected chi connectivity index (χ3v) is 6.82. The predicted molar refractivity (Wildman–Crippen MR) is 121 cm³/mol. The first kappa shape index (κ1) is 22.5. The summed E-state index contributed by atoms with van der Waals surface area (Å²) >= 11 is 0. The van der Waals surface area contributed by atoms with Gasteiger partial charge < -0.3 is 9.64 Å². The molecule has 0 N–H and O–H groups in total. The van der Waals surface area contributed by atoms with E-state index in [1.807, 2.05) is 25.2 Å². The largest absolute Gasteiger partial charge is 0.492 e. The molecule has 0 aliphatic carbocycles. The van der Waals surface area contributed by atoms with Crippen molar-refractivity contribution in [1.29, 1.82) is 0 Å². The van der Waals surface area contributed by atoms with Crippen LogP contribution in [0.1, 0.15) is 24.5 Å². The number of hydrogen-bond acceptors (Lipinski definition) is 5. The van der Waals surface area contributed by atoms with E-state index in [0.717, 1.165) is 35.1 Å². The van der Waals surface area contributed by atoms with E-state index in [1.165, 1.54) is 17.4 Å². The fraction of sp³-hybridized carbons (Fsp3) is 0.364. The van der Waals surface area contributed by atoms with Crippen LogP contribution in [0.15, 0.2) is 54.6 Å². The van der Waals surface area contributed by atoms with Crippen LogP contribution in [0.2, 0.25) is 0 Å². The summed E-state index contributed by atoms with van der Waals surface area (Å²) in [6.07, 6.45) is 4.43. The van der Waals surface area contributed by atoms with Crippen LogP contribution in [0.5, 0.6) is 5.75 Å². The van der Waals surface area contributed by atoms with Crippen LogP contribution < -0.4 is 4.74 Å². The molecule has 0 saturated carbocycles. The molecule has 0 aromatic heterocycles. The van der Waals surface area contributed by atoms with Crippen LogP contribution in [0.4, 0.5) is 0 Å². The van der Waals surface area contributed by atoms with Gasteiger partial charge in [0.15, 0.2) is 8.87 Å². The van der Waals surface area contributed by atoms with E-state index in [0.29, 0.717) is 18.9 Å².